The number of rotatable bonds is 6. The van der Waals surface area contributed by atoms with Crippen molar-refractivity contribution in [2.24, 2.45) is 0 Å². The van der Waals surface area contributed by atoms with E-state index < -0.39 is 6.04 Å². The van der Waals surface area contributed by atoms with E-state index in [0.29, 0.717) is 37.9 Å². The van der Waals surface area contributed by atoms with Gasteiger partial charge in [-0.05, 0) is 60.7 Å². The highest BCUT2D eigenvalue weighted by atomic mass is 35.5. The lowest BCUT2D eigenvalue weighted by Gasteiger charge is -2.25. The number of amides is 1. The Morgan fingerprint density at radius 2 is 1.83 bits per heavy atom. The molecule has 2 aromatic carbocycles. The number of thiocarbonyl (C=S) groups is 1. The highest BCUT2D eigenvalue weighted by Crippen LogP contribution is 2.41. The molecule has 0 radical (unpaired) electrons. The van der Waals surface area contributed by atoms with Crippen LogP contribution >= 0.6 is 35.4 Å². The molecule has 2 aromatic heterocycles. The maximum atomic E-state index is 12.9. The van der Waals surface area contributed by atoms with Crippen LogP contribution in [0.5, 0.6) is 0 Å². The third kappa shape index (κ3) is 4.89. The lowest BCUT2D eigenvalue weighted by atomic mass is 10.0. The van der Waals surface area contributed by atoms with E-state index in [1.807, 2.05) is 77.7 Å². The number of anilines is 1. The fraction of sp³-hybridized carbons (Fsp3) is 0.115. The number of nitrogens with one attached hydrogen (secondary N) is 2. The number of para-hydroxylation sites is 1. The smallest absolute Gasteiger partial charge is 0.244 e. The van der Waals surface area contributed by atoms with E-state index in [9.17, 15) is 4.79 Å². The summed E-state index contributed by atoms with van der Waals surface area (Å²) in [6.07, 6.45) is 1.72. The van der Waals surface area contributed by atoms with E-state index in [4.69, 9.17) is 39.8 Å². The van der Waals surface area contributed by atoms with Crippen LogP contribution in [0.3, 0.4) is 0 Å². The predicted octanol–water partition coefficient (Wildman–Crippen LogP) is 6.26. The number of furan rings is 1. The average Bonchev–Trinajstić information content (AvgIpc) is 3.47. The number of nitrogens with zero attached hydrogens (tertiary/aromatic N) is 2. The summed E-state index contributed by atoms with van der Waals surface area (Å²) in [7, 11) is 0. The van der Waals surface area contributed by atoms with Gasteiger partial charge in [0.2, 0.25) is 5.91 Å². The number of hydrogen-bond donors (Lipinski definition) is 2. The molecule has 2 unspecified atom stereocenters. The van der Waals surface area contributed by atoms with Gasteiger partial charge in [-0.1, -0.05) is 53.5 Å². The van der Waals surface area contributed by atoms with Crippen molar-refractivity contribution in [3.05, 3.63) is 107 Å². The van der Waals surface area contributed by atoms with Crippen molar-refractivity contribution in [3.63, 3.8) is 0 Å². The van der Waals surface area contributed by atoms with Crippen molar-refractivity contribution in [3.8, 4) is 11.3 Å². The molecule has 1 aliphatic heterocycles. The van der Waals surface area contributed by atoms with Gasteiger partial charge in [0.25, 0.3) is 0 Å². The van der Waals surface area contributed by atoms with Crippen LogP contribution in [0.1, 0.15) is 23.5 Å². The summed E-state index contributed by atoms with van der Waals surface area (Å²) in [6, 6.07) is 23.3. The first-order valence-electron chi connectivity index (χ1n) is 10.9. The van der Waals surface area contributed by atoms with Gasteiger partial charge in [0.05, 0.1) is 21.8 Å². The van der Waals surface area contributed by atoms with Gasteiger partial charge in [-0.3, -0.25) is 9.78 Å². The fourth-order valence-electron chi connectivity index (χ4n) is 4.11. The molecule has 3 heterocycles. The molecule has 1 amide bonds. The number of carbonyl (C=O) groups excluding carboxylic acids is 1. The Bertz CT molecular complexity index is 1360. The van der Waals surface area contributed by atoms with Crippen molar-refractivity contribution in [1.29, 1.82) is 0 Å². The molecule has 0 spiro atoms. The maximum absolute atomic E-state index is 12.9. The Kier molecular flexibility index (Phi) is 6.72. The molecular weight excluding hydrogens is 503 g/mol. The van der Waals surface area contributed by atoms with Crippen LogP contribution in [-0.4, -0.2) is 27.4 Å². The van der Waals surface area contributed by atoms with Crippen LogP contribution in [0.15, 0.2) is 89.5 Å². The zero-order valence-corrected chi connectivity index (χ0v) is 20.6. The molecule has 0 aliphatic carbocycles. The SMILES string of the molecule is O=C(CN1C(=S)NC(c2ccccn2)C1c1ccc(-c2cccc(Cl)c2Cl)o1)Nc1ccccc1. The normalized spacial score (nSPS) is 17.3. The first-order valence-corrected chi connectivity index (χ1v) is 12.0. The largest absolute Gasteiger partial charge is 0.459 e. The van der Waals surface area contributed by atoms with Gasteiger partial charge in [-0.15, -0.1) is 0 Å². The Morgan fingerprint density at radius 3 is 2.60 bits per heavy atom. The van der Waals surface area contributed by atoms with Gasteiger partial charge >= 0.3 is 0 Å². The zero-order chi connectivity index (χ0) is 24.4. The van der Waals surface area contributed by atoms with E-state index in [0.717, 1.165) is 5.69 Å². The maximum Gasteiger partial charge on any atom is 0.244 e. The Morgan fingerprint density at radius 1 is 1.03 bits per heavy atom. The molecule has 9 heteroatoms. The van der Waals surface area contributed by atoms with E-state index in [1.165, 1.54) is 0 Å². The summed E-state index contributed by atoms with van der Waals surface area (Å²) in [5.41, 5.74) is 2.18. The highest BCUT2D eigenvalue weighted by Gasteiger charge is 2.42. The van der Waals surface area contributed by atoms with Crippen LogP contribution in [0, 0.1) is 0 Å². The van der Waals surface area contributed by atoms with E-state index in [-0.39, 0.29) is 18.5 Å². The number of benzene rings is 2. The van der Waals surface area contributed by atoms with Crippen molar-refractivity contribution in [1.82, 2.24) is 15.2 Å². The summed E-state index contributed by atoms with van der Waals surface area (Å²) < 4.78 is 6.28. The van der Waals surface area contributed by atoms with Crippen molar-refractivity contribution in [2.75, 3.05) is 11.9 Å². The van der Waals surface area contributed by atoms with Crippen LogP contribution in [0.2, 0.25) is 10.0 Å². The monoisotopic (exact) mass is 522 g/mol. The molecule has 2 atom stereocenters. The van der Waals surface area contributed by atoms with Gasteiger partial charge in [-0.25, -0.2) is 0 Å². The summed E-state index contributed by atoms with van der Waals surface area (Å²) in [6.45, 7) is 0.0304. The molecule has 4 aromatic rings. The van der Waals surface area contributed by atoms with Gasteiger partial charge in [0, 0.05) is 17.4 Å². The minimum Gasteiger partial charge on any atom is -0.459 e. The van der Waals surface area contributed by atoms with Gasteiger partial charge in [0.1, 0.15) is 24.1 Å². The number of hydrogen-bond acceptors (Lipinski definition) is 4. The molecule has 35 heavy (non-hydrogen) atoms. The lowest BCUT2D eigenvalue weighted by Crippen LogP contribution is -2.36. The number of carbonyl (C=O) groups is 1. The van der Waals surface area contributed by atoms with E-state index in [1.54, 1.807) is 12.3 Å². The summed E-state index contributed by atoms with van der Waals surface area (Å²) in [5, 5.41) is 7.52. The molecular formula is C26H20Cl2N4O2S. The van der Waals surface area contributed by atoms with Crippen molar-refractivity contribution < 1.29 is 9.21 Å². The van der Waals surface area contributed by atoms with Gasteiger partial charge in [0.15, 0.2) is 5.11 Å². The fourth-order valence-corrected chi connectivity index (χ4v) is 4.81. The van der Waals surface area contributed by atoms with Crippen LogP contribution in [0.4, 0.5) is 5.69 Å². The molecule has 0 saturated carbocycles. The summed E-state index contributed by atoms with van der Waals surface area (Å²) in [5.74, 6) is 0.988. The number of halogens is 2. The van der Waals surface area contributed by atoms with E-state index >= 15 is 0 Å². The quantitative estimate of drug-likeness (QED) is 0.291. The van der Waals surface area contributed by atoms with Crippen molar-refractivity contribution in [2.45, 2.75) is 12.1 Å². The first-order chi connectivity index (χ1) is 17.0. The second-order valence-electron chi connectivity index (χ2n) is 7.97. The molecule has 5 rings (SSSR count). The Labute approximate surface area is 217 Å². The summed E-state index contributed by atoms with van der Waals surface area (Å²) in [4.78, 5) is 19.3. The molecule has 2 N–H and O–H groups in total. The number of pyridine rings is 1. The summed E-state index contributed by atoms with van der Waals surface area (Å²) >= 11 is 18.3. The third-order valence-electron chi connectivity index (χ3n) is 5.70. The minimum atomic E-state index is -0.411. The molecule has 6 nitrogen and oxygen atoms in total. The van der Waals surface area contributed by atoms with Crippen LogP contribution < -0.4 is 10.6 Å². The van der Waals surface area contributed by atoms with Crippen LogP contribution in [-0.2, 0) is 4.79 Å². The highest BCUT2D eigenvalue weighted by molar-refractivity contribution is 7.80. The first kappa shape index (κ1) is 23.4. The van der Waals surface area contributed by atoms with E-state index in [2.05, 4.69) is 15.6 Å². The van der Waals surface area contributed by atoms with Gasteiger partial charge in [-0.2, -0.15) is 0 Å². The minimum absolute atomic E-state index is 0.0304. The predicted molar refractivity (Wildman–Crippen MR) is 141 cm³/mol. The van der Waals surface area contributed by atoms with Gasteiger partial charge < -0.3 is 20.0 Å². The molecule has 176 valence electrons. The second-order valence-corrected chi connectivity index (χ2v) is 9.14. The average molecular weight is 523 g/mol. The lowest BCUT2D eigenvalue weighted by molar-refractivity contribution is -0.116. The molecule has 1 saturated heterocycles. The Hall–Kier alpha value is -3.39. The third-order valence-corrected chi connectivity index (χ3v) is 6.88. The van der Waals surface area contributed by atoms with Crippen LogP contribution in [0.25, 0.3) is 11.3 Å². The molecule has 0 bridgehead atoms. The molecule has 1 fully saturated rings. The second kappa shape index (κ2) is 10.1. The van der Waals surface area contributed by atoms with Crippen molar-refractivity contribution >= 4 is 52.1 Å². The topological polar surface area (TPSA) is 70.4 Å². The Balaban J connectivity index is 1.48. The zero-order valence-electron chi connectivity index (χ0n) is 18.3. The molecule has 1 aliphatic rings. The standard InChI is InChI=1S/C26H20Cl2N4O2S/c27-18-10-6-9-17(23(18)28)20-12-13-21(34-20)25-24(19-11-4-5-14-29-19)31-26(35)32(25)15-22(33)30-16-7-2-1-3-8-16/h1-14,24-25H,15H2,(H,30,33)(H,31,35). The number of aromatic nitrogens is 1.